The number of benzene rings is 2. The second-order valence-electron chi connectivity index (χ2n) is 6.74. The molecule has 0 aromatic heterocycles. The number of fused-ring (bicyclic) bond motifs is 1. The average Bonchev–Trinajstić information content (AvgIpc) is 3.07. The van der Waals surface area contributed by atoms with Crippen molar-refractivity contribution in [2.24, 2.45) is 4.99 Å². The molecule has 0 aliphatic carbocycles. The molecule has 9 heteroatoms. The van der Waals surface area contributed by atoms with E-state index >= 15 is 0 Å². The first-order valence-corrected chi connectivity index (χ1v) is 12.5. The summed E-state index contributed by atoms with van der Waals surface area (Å²) in [6, 6.07) is 14.5. The largest absolute Gasteiger partial charge is 0.316 e. The molecule has 28 heavy (non-hydrogen) atoms. The number of anilines is 1. The molecule has 0 radical (unpaired) electrons. The Balaban J connectivity index is 1.63. The Kier molecular flexibility index (Phi) is 5.57. The van der Waals surface area contributed by atoms with Crippen molar-refractivity contribution >= 4 is 65.9 Å². The Morgan fingerprint density at radius 2 is 1.96 bits per heavy atom. The van der Waals surface area contributed by atoms with Gasteiger partial charge in [0.05, 0.1) is 24.0 Å². The van der Waals surface area contributed by atoms with Gasteiger partial charge in [0.1, 0.15) is 0 Å². The van der Waals surface area contributed by atoms with E-state index in [0.29, 0.717) is 10.2 Å². The molecule has 1 amide bonds. The zero-order valence-corrected chi connectivity index (χ0v) is 18.6. The van der Waals surface area contributed by atoms with Crippen LogP contribution in [-0.4, -0.2) is 42.3 Å². The van der Waals surface area contributed by atoms with Crippen LogP contribution in [0.25, 0.3) is 0 Å². The molecule has 0 spiro atoms. The number of amidine groups is 1. The molecule has 2 aromatic rings. The smallest absolute Gasteiger partial charge is 0.252 e. The summed E-state index contributed by atoms with van der Waals surface area (Å²) < 4.78 is 25.1. The Hall–Kier alpha value is -1.35. The lowest BCUT2D eigenvalue weighted by Gasteiger charge is -2.24. The first kappa shape index (κ1) is 19.9. The number of aliphatic imine (C=N–C) groups is 1. The minimum Gasteiger partial charge on any atom is -0.316 e. The van der Waals surface area contributed by atoms with Gasteiger partial charge in [-0.3, -0.25) is 4.79 Å². The van der Waals surface area contributed by atoms with E-state index in [2.05, 4.69) is 20.9 Å². The van der Waals surface area contributed by atoms with Crippen molar-refractivity contribution in [2.45, 2.75) is 17.7 Å². The highest BCUT2D eigenvalue weighted by atomic mass is 79.9. The minimum atomic E-state index is -3.09. The van der Waals surface area contributed by atoms with Gasteiger partial charge in [-0.2, -0.15) is 4.99 Å². The Bertz CT molecular complexity index is 1060. The maximum absolute atomic E-state index is 12.6. The lowest BCUT2D eigenvalue weighted by Crippen LogP contribution is -2.37. The van der Waals surface area contributed by atoms with Crippen LogP contribution in [0.5, 0.6) is 0 Å². The maximum atomic E-state index is 12.6. The fourth-order valence-corrected chi connectivity index (χ4v) is 7.86. The van der Waals surface area contributed by atoms with Gasteiger partial charge in [0, 0.05) is 20.4 Å². The molecule has 0 unspecified atom stereocenters. The summed E-state index contributed by atoms with van der Waals surface area (Å²) in [5.41, 5.74) is 1.66. The number of hydrogen-bond donors (Lipinski definition) is 0. The molecule has 0 N–H and O–H groups in total. The summed E-state index contributed by atoms with van der Waals surface area (Å²) in [7, 11) is -3.09. The monoisotopic (exact) mass is 498 g/mol. The Morgan fingerprint density at radius 3 is 2.68 bits per heavy atom. The summed E-state index contributed by atoms with van der Waals surface area (Å²) in [5, 5.41) is 1.05. The second-order valence-corrected chi connectivity index (χ2v) is 11.5. The van der Waals surface area contributed by atoms with E-state index in [9.17, 15) is 13.2 Å². The number of hydrogen-bond acceptors (Lipinski definition) is 4. The van der Waals surface area contributed by atoms with Gasteiger partial charge < -0.3 is 4.90 Å². The zero-order valence-electron chi connectivity index (χ0n) is 14.6. The van der Waals surface area contributed by atoms with Gasteiger partial charge in [-0.25, -0.2) is 8.42 Å². The Labute approximate surface area is 181 Å². The molecule has 5 nitrogen and oxygen atoms in total. The number of carbonyl (C=O) groups is 1. The molecule has 2 fully saturated rings. The third-order valence-electron chi connectivity index (χ3n) is 4.64. The standard InChI is InChI=1S/C19H16BrClN2O3S2/c20-13-2-1-3-15(9-13)23-16-10-28(25,26)11-17(16)27-19(23)22-18(24)8-12-4-6-14(21)7-5-12/h1-7,9,16-17H,8,10-11H2/t16-,17-/m1/s1. The van der Waals surface area contributed by atoms with Crippen LogP contribution in [-0.2, 0) is 21.1 Å². The molecule has 2 aromatic carbocycles. The van der Waals surface area contributed by atoms with E-state index in [1.54, 1.807) is 24.3 Å². The molecule has 0 saturated carbocycles. The van der Waals surface area contributed by atoms with E-state index in [4.69, 9.17) is 11.6 Å². The highest BCUT2D eigenvalue weighted by Crippen LogP contribution is 2.41. The molecular weight excluding hydrogens is 484 g/mol. The normalized spacial score (nSPS) is 24.5. The summed E-state index contributed by atoms with van der Waals surface area (Å²) in [5.74, 6) is -0.0913. The van der Waals surface area contributed by atoms with Crippen LogP contribution in [0.4, 0.5) is 5.69 Å². The van der Waals surface area contributed by atoms with E-state index in [0.717, 1.165) is 15.7 Å². The third-order valence-corrected chi connectivity index (χ3v) is 8.60. The van der Waals surface area contributed by atoms with Gasteiger partial charge in [-0.15, -0.1) is 0 Å². The predicted molar refractivity (Wildman–Crippen MR) is 118 cm³/mol. The van der Waals surface area contributed by atoms with Crippen LogP contribution in [0.15, 0.2) is 58.0 Å². The highest BCUT2D eigenvalue weighted by molar-refractivity contribution is 9.10. The number of thioether (sulfide) groups is 1. The number of nitrogens with zero attached hydrogens (tertiary/aromatic N) is 2. The van der Waals surface area contributed by atoms with Crippen LogP contribution in [0, 0.1) is 0 Å². The van der Waals surface area contributed by atoms with Crippen molar-refractivity contribution in [3.63, 3.8) is 0 Å². The fraction of sp³-hybridized carbons (Fsp3) is 0.263. The maximum Gasteiger partial charge on any atom is 0.252 e. The molecule has 2 heterocycles. The number of rotatable bonds is 3. The van der Waals surface area contributed by atoms with Crippen molar-refractivity contribution in [2.75, 3.05) is 16.4 Å². The molecular formula is C19H16BrClN2O3S2. The number of sulfone groups is 1. The number of halogens is 2. The summed E-state index contributed by atoms with van der Waals surface area (Å²) in [6.07, 6.45) is 0.168. The van der Waals surface area contributed by atoms with Crippen LogP contribution in [0.1, 0.15) is 5.56 Å². The van der Waals surface area contributed by atoms with Crippen molar-refractivity contribution < 1.29 is 13.2 Å². The van der Waals surface area contributed by atoms with Crippen molar-refractivity contribution in [1.29, 1.82) is 0 Å². The minimum absolute atomic E-state index is 0.0710. The van der Waals surface area contributed by atoms with Gasteiger partial charge in [-0.05, 0) is 35.9 Å². The van der Waals surface area contributed by atoms with Gasteiger partial charge in [0.15, 0.2) is 15.0 Å². The molecule has 2 aliphatic rings. The quantitative estimate of drug-likeness (QED) is 0.640. The molecule has 4 rings (SSSR count). The van der Waals surface area contributed by atoms with Gasteiger partial charge >= 0.3 is 0 Å². The fourth-order valence-electron chi connectivity index (χ4n) is 3.42. The average molecular weight is 500 g/mol. The lowest BCUT2D eigenvalue weighted by molar-refractivity contribution is -0.117. The molecule has 2 atom stereocenters. The van der Waals surface area contributed by atoms with Crippen molar-refractivity contribution in [3.8, 4) is 0 Å². The highest BCUT2D eigenvalue weighted by Gasteiger charge is 2.49. The third kappa shape index (κ3) is 4.30. The van der Waals surface area contributed by atoms with E-state index in [1.807, 2.05) is 29.2 Å². The predicted octanol–water partition coefficient (Wildman–Crippen LogP) is 3.95. The molecule has 2 aliphatic heterocycles. The molecule has 0 bridgehead atoms. The lowest BCUT2D eigenvalue weighted by atomic mass is 10.1. The Morgan fingerprint density at radius 1 is 1.21 bits per heavy atom. The van der Waals surface area contributed by atoms with Crippen LogP contribution >= 0.6 is 39.3 Å². The van der Waals surface area contributed by atoms with E-state index in [1.165, 1.54) is 11.8 Å². The molecule has 2 saturated heterocycles. The van der Waals surface area contributed by atoms with Gasteiger partial charge in [-0.1, -0.05) is 57.5 Å². The summed E-state index contributed by atoms with van der Waals surface area (Å²) in [6.45, 7) is 0. The number of amides is 1. The van der Waals surface area contributed by atoms with Gasteiger partial charge in [0.25, 0.3) is 5.91 Å². The zero-order chi connectivity index (χ0) is 19.9. The van der Waals surface area contributed by atoms with Crippen LogP contribution in [0.2, 0.25) is 5.02 Å². The van der Waals surface area contributed by atoms with Crippen molar-refractivity contribution in [1.82, 2.24) is 0 Å². The summed E-state index contributed by atoms with van der Waals surface area (Å²) in [4.78, 5) is 18.8. The van der Waals surface area contributed by atoms with E-state index in [-0.39, 0.29) is 35.1 Å². The van der Waals surface area contributed by atoms with Gasteiger partial charge in [0.2, 0.25) is 0 Å². The molecule has 146 valence electrons. The first-order valence-electron chi connectivity index (χ1n) is 8.58. The topological polar surface area (TPSA) is 66.8 Å². The second kappa shape index (κ2) is 7.82. The number of carbonyl (C=O) groups excluding carboxylic acids is 1. The van der Waals surface area contributed by atoms with Crippen LogP contribution in [0.3, 0.4) is 0 Å². The van der Waals surface area contributed by atoms with E-state index < -0.39 is 9.84 Å². The summed E-state index contributed by atoms with van der Waals surface area (Å²) >= 11 is 10.7. The van der Waals surface area contributed by atoms with Crippen LogP contribution < -0.4 is 4.90 Å². The SMILES string of the molecule is O=C(Cc1ccc(Cl)cc1)N=C1S[C@@H]2CS(=O)(=O)C[C@H]2N1c1cccc(Br)c1. The van der Waals surface area contributed by atoms with Crippen molar-refractivity contribution in [3.05, 3.63) is 63.6 Å². The first-order chi connectivity index (χ1) is 13.3.